The maximum Gasteiger partial charge on any atom is 0.264 e. The van der Waals surface area contributed by atoms with Gasteiger partial charge in [0.05, 0.1) is 28.4 Å². The van der Waals surface area contributed by atoms with E-state index in [1.165, 1.54) is 31.4 Å². The highest BCUT2D eigenvalue weighted by atomic mass is 79.9. The van der Waals surface area contributed by atoms with Crippen LogP contribution in [0.15, 0.2) is 87.3 Å². The highest BCUT2D eigenvalue weighted by molar-refractivity contribution is 9.10. The van der Waals surface area contributed by atoms with Crippen molar-refractivity contribution >= 4 is 54.9 Å². The molecule has 0 aromatic heterocycles. The van der Waals surface area contributed by atoms with E-state index in [4.69, 9.17) is 16.3 Å². The molecule has 3 rings (SSSR count). The van der Waals surface area contributed by atoms with Crippen molar-refractivity contribution in [2.24, 2.45) is 5.10 Å². The lowest BCUT2D eigenvalue weighted by Gasteiger charge is -2.24. The maximum absolute atomic E-state index is 13.4. The molecule has 0 radical (unpaired) electrons. The molecule has 7 nitrogen and oxygen atoms in total. The van der Waals surface area contributed by atoms with Gasteiger partial charge in [0, 0.05) is 4.47 Å². The lowest BCUT2D eigenvalue weighted by molar-refractivity contribution is -0.119. The fraction of sp³-hybridized carbons (Fsp3) is 0.130. The molecule has 0 saturated carbocycles. The van der Waals surface area contributed by atoms with Crippen molar-refractivity contribution in [3.05, 3.63) is 87.9 Å². The molecule has 0 saturated heterocycles. The minimum absolute atomic E-state index is 0.0403. The quantitative estimate of drug-likeness (QED) is 0.321. The van der Waals surface area contributed by atoms with Gasteiger partial charge in [0.1, 0.15) is 12.3 Å². The van der Waals surface area contributed by atoms with E-state index in [9.17, 15) is 13.2 Å². The van der Waals surface area contributed by atoms with E-state index >= 15 is 0 Å². The molecule has 0 bridgehead atoms. The first kappa shape index (κ1) is 24.8. The smallest absolute Gasteiger partial charge is 0.264 e. The summed E-state index contributed by atoms with van der Waals surface area (Å²) < 4.78 is 33.7. The summed E-state index contributed by atoms with van der Waals surface area (Å²) in [4.78, 5) is 12.8. The largest absolute Gasteiger partial charge is 0.495 e. The Labute approximate surface area is 206 Å². The highest BCUT2D eigenvalue weighted by Crippen LogP contribution is 2.31. The van der Waals surface area contributed by atoms with Crippen molar-refractivity contribution in [2.75, 3.05) is 18.0 Å². The van der Waals surface area contributed by atoms with E-state index in [2.05, 4.69) is 26.5 Å². The normalized spacial score (nSPS) is 11.7. The number of nitrogens with zero attached hydrogens (tertiary/aromatic N) is 2. The van der Waals surface area contributed by atoms with Crippen LogP contribution in [-0.4, -0.2) is 33.7 Å². The van der Waals surface area contributed by atoms with Gasteiger partial charge in [0.15, 0.2) is 0 Å². The third-order valence-corrected chi connectivity index (χ3v) is 7.21. The van der Waals surface area contributed by atoms with Gasteiger partial charge in [-0.25, -0.2) is 13.8 Å². The van der Waals surface area contributed by atoms with Crippen LogP contribution >= 0.6 is 27.5 Å². The summed E-state index contributed by atoms with van der Waals surface area (Å²) in [6.07, 6.45) is 0. The molecule has 0 aliphatic rings. The van der Waals surface area contributed by atoms with E-state index in [1.807, 2.05) is 24.3 Å². The number of anilines is 1. The molecule has 1 N–H and O–H groups in total. The molecule has 33 heavy (non-hydrogen) atoms. The Kier molecular flexibility index (Phi) is 8.12. The summed E-state index contributed by atoms with van der Waals surface area (Å²) in [7, 11) is -2.61. The van der Waals surface area contributed by atoms with Crippen molar-refractivity contribution in [1.82, 2.24) is 5.43 Å². The molecule has 1 amide bonds. The number of ether oxygens (including phenoxy) is 1. The van der Waals surface area contributed by atoms with Crippen molar-refractivity contribution in [3.8, 4) is 5.75 Å². The first-order valence-corrected chi connectivity index (χ1v) is 12.3. The van der Waals surface area contributed by atoms with Crippen LogP contribution in [-0.2, 0) is 14.8 Å². The number of carbonyl (C=O) groups excluding carboxylic acids is 1. The fourth-order valence-corrected chi connectivity index (χ4v) is 5.02. The average Bonchev–Trinajstić information content (AvgIpc) is 2.81. The molecule has 3 aromatic rings. The second kappa shape index (κ2) is 10.8. The van der Waals surface area contributed by atoms with Gasteiger partial charge in [-0.05, 0) is 55.0 Å². The van der Waals surface area contributed by atoms with Gasteiger partial charge in [-0.3, -0.25) is 9.10 Å². The summed E-state index contributed by atoms with van der Waals surface area (Å²) >= 11 is 9.61. The van der Waals surface area contributed by atoms with Crippen LogP contribution in [0.3, 0.4) is 0 Å². The van der Waals surface area contributed by atoms with E-state index in [0.717, 1.165) is 14.3 Å². The van der Waals surface area contributed by atoms with Gasteiger partial charge in [0.2, 0.25) is 0 Å². The van der Waals surface area contributed by atoms with Crippen LogP contribution in [0.2, 0.25) is 5.02 Å². The topological polar surface area (TPSA) is 88.1 Å². The van der Waals surface area contributed by atoms with E-state index in [0.29, 0.717) is 11.5 Å². The number of hydrogen-bond donors (Lipinski definition) is 1. The molecule has 172 valence electrons. The van der Waals surface area contributed by atoms with Crippen LogP contribution < -0.4 is 14.5 Å². The number of benzene rings is 3. The maximum atomic E-state index is 13.4. The molecule has 0 aliphatic carbocycles. The standard InChI is InChI=1S/C23H21BrClN3O4S/c1-16(17-7-6-8-18(24)13-17)26-27-23(29)15-28(19-11-12-22(32-2)21(25)14-19)33(30,31)20-9-4-3-5-10-20/h3-14H,15H2,1-2H3,(H,27,29)/b26-16-. The molecular weight excluding hydrogens is 530 g/mol. The van der Waals surface area contributed by atoms with Crippen LogP contribution in [0.5, 0.6) is 5.75 Å². The summed E-state index contributed by atoms with van der Waals surface area (Å²) in [5, 5.41) is 4.33. The monoisotopic (exact) mass is 549 g/mol. The third kappa shape index (κ3) is 6.13. The molecule has 0 heterocycles. The van der Waals surface area contributed by atoms with Gasteiger partial charge >= 0.3 is 0 Å². The summed E-state index contributed by atoms with van der Waals surface area (Å²) in [6.45, 7) is 1.24. The van der Waals surface area contributed by atoms with Gasteiger partial charge < -0.3 is 4.74 Å². The predicted molar refractivity (Wildman–Crippen MR) is 133 cm³/mol. The van der Waals surface area contributed by atoms with Crippen molar-refractivity contribution in [3.63, 3.8) is 0 Å². The van der Waals surface area contributed by atoms with Crippen LogP contribution in [0.1, 0.15) is 12.5 Å². The van der Waals surface area contributed by atoms with Crippen molar-refractivity contribution < 1.29 is 17.9 Å². The molecular formula is C23H21BrClN3O4S. The number of hydrazone groups is 1. The Balaban J connectivity index is 1.90. The zero-order valence-electron chi connectivity index (χ0n) is 17.8. The zero-order chi connectivity index (χ0) is 24.0. The molecule has 10 heteroatoms. The van der Waals surface area contributed by atoms with E-state index in [1.54, 1.807) is 31.2 Å². The minimum atomic E-state index is -4.06. The average molecular weight is 551 g/mol. The van der Waals surface area contributed by atoms with E-state index < -0.39 is 22.5 Å². The molecule has 0 atom stereocenters. The first-order chi connectivity index (χ1) is 15.7. The van der Waals surface area contributed by atoms with Gasteiger partial charge in [-0.2, -0.15) is 5.10 Å². The number of nitrogens with one attached hydrogen (secondary N) is 1. The number of amides is 1. The number of hydrogen-bond acceptors (Lipinski definition) is 5. The zero-order valence-corrected chi connectivity index (χ0v) is 21.0. The Morgan fingerprint density at radius 1 is 1.09 bits per heavy atom. The SMILES string of the molecule is COc1ccc(N(CC(=O)N/N=C(/C)c2cccc(Br)c2)S(=O)(=O)c2ccccc2)cc1Cl. The fourth-order valence-electron chi connectivity index (χ4n) is 2.94. The highest BCUT2D eigenvalue weighted by Gasteiger charge is 2.27. The van der Waals surface area contributed by atoms with Gasteiger partial charge in [0.25, 0.3) is 15.9 Å². The lowest BCUT2D eigenvalue weighted by Crippen LogP contribution is -2.39. The summed E-state index contributed by atoms with van der Waals surface area (Å²) in [6, 6.07) is 19.8. The summed E-state index contributed by atoms with van der Waals surface area (Å²) in [5.74, 6) is -0.230. The Hall–Kier alpha value is -2.88. The number of rotatable bonds is 8. The number of halogens is 2. The molecule has 0 aliphatic heterocycles. The summed E-state index contributed by atoms with van der Waals surface area (Å²) in [5.41, 5.74) is 4.02. The molecule has 0 fully saturated rings. The third-order valence-electron chi connectivity index (χ3n) is 4.63. The van der Waals surface area contributed by atoms with E-state index in [-0.39, 0.29) is 15.6 Å². The van der Waals surface area contributed by atoms with Gasteiger partial charge in [-0.15, -0.1) is 0 Å². The first-order valence-electron chi connectivity index (χ1n) is 9.73. The predicted octanol–water partition coefficient (Wildman–Crippen LogP) is 4.85. The van der Waals surface area contributed by atoms with Crippen LogP contribution in [0.25, 0.3) is 0 Å². The minimum Gasteiger partial charge on any atom is -0.495 e. The molecule has 3 aromatic carbocycles. The van der Waals surface area contributed by atoms with Gasteiger partial charge in [-0.1, -0.05) is 57.9 Å². The Morgan fingerprint density at radius 2 is 1.82 bits per heavy atom. The number of carbonyl (C=O) groups is 1. The van der Waals surface area contributed by atoms with Crippen LogP contribution in [0.4, 0.5) is 5.69 Å². The molecule has 0 unspecified atom stereocenters. The second-order valence-corrected chi connectivity index (χ2v) is 10.1. The molecule has 0 spiro atoms. The number of methoxy groups -OCH3 is 1. The van der Waals surface area contributed by atoms with Crippen molar-refractivity contribution in [1.29, 1.82) is 0 Å². The lowest BCUT2D eigenvalue weighted by atomic mass is 10.1. The van der Waals surface area contributed by atoms with Crippen LogP contribution in [0, 0.1) is 0 Å². The second-order valence-electron chi connectivity index (χ2n) is 6.89. The Morgan fingerprint density at radius 3 is 2.45 bits per heavy atom. The Bertz CT molecular complexity index is 1280. The number of sulfonamides is 1. The van der Waals surface area contributed by atoms with Crippen molar-refractivity contribution in [2.45, 2.75) is 11.8 Å².